The predicted molar refractivity (Wildman–Crippen MR) is 152 cm³/mol. The van der Waals surface area contributed by atoms with E-state index in [2.05, 4.69) is 5.32 Å². The number of hydrogen-bond acceptors (Lipinski definition) is 6. The molecule has 0 unspecified atom stereocenters. The second-order valence-corrected chi connectivity index (χ2v) is 11.2. The summed E-state index contributed by atoms with van der Waals surface area (Å²) in [5.74, 6) is 0.224. The number of carbonyl (C=O) groups is 3. The van der Waals surface area contributed by atoms with Gasteiger partial charge in [-0.25, -0.2) is 9.59 Å². The summed E-state index contributed by atoms with van der Waals surface area (Å²) in [4.78, 5) is 38.9. The SMILES string of the molecule is CC(C)(C)OC(=O)N1CCC(CCOC(=O)OCn2cc(C=C3C(=O)Nc4ccccc43)c3ccccc32)CC1. The summed E-state index contributed by atoms with van der Waals surface area (Å²) < 4.78 is 18.0. The fraction of sp³-hybridized carbons (Fsp3) is 0.387. The van der Waals surface area contributed by atoms with E-state index in [9.17, 15) is 14.4 Å². The van der Waals surface area contributed by atoms with Crippen LogP contribution in [-0.4, -0.2) is 52.9 Å². The van der Waals surface area contributed by atoms with Gasteiger partial charge >= 0.3 is 12.2 Å². The van der Waals surface area contributed by atoms with Gasteiger partial charge in [-0.05, 0) is 64.2 Å². The van der Waals surface area contributed by atoms with E-state index in [4.69, 9.17) is 14.2 Å². The van der Waals surface area contributed by atoms with Crippen molar-refractivity contribution in [3.05, 3.63) is 65.9 Å². The van der Waals surface area contributed by atoms with Crippen molar-refractivity contribution in [1.29, 1.82) is 0 Å². The summed E-state index contributed by atoms with van der Waals surface area (Å²) in [5, 5.41) is 3.84. The molecule has 0 bridgehead atoms. The monoisotopic (exact) mass is 545 g/mol. The zero-order valence-corrected chi connectivity index (χ0v) is 23.1. The molecule has 0 aliphatic carbocycles. The van der Waals surface area contributed by atoms with E-state index in [1.54, 1.807) is 4.90 Å². The molecule has 0 atom stereocenters. The second-order valence-electron chi connectivity index (χ2n) is 11.2. The molecule has 2 aliphatic heterocycles. The first-order valence-electron chi connectivity index (χ1n) is 13.7. The van der Waals surface area contributed by atoms with Crippen LogP contribution in [0.25, 0.3) is 22.6 Å². The van der Waals surface area contributed by atoms with E-state index in [1.807, 2.05) is 86.1 Å². The van der Waals surface area contributed by atoms with Gasteiger partial charge in [-0.2, -0.15) is 0 Å². The summed E-state index contributed by atoms with van der Waals surface area (Å²) in [6, 6.07) is 15.4. The Morgan fingerprint density at radius 1 is 1.02 bits per heavy atom. The first kappa shape index (κ1) is 27.3. The van der Waals surface area contributed by atoms with Gasteiger partial charge in [-0.15, -0.1) is 0 Å². The van der Waals surface area contributed by atoms with E-state index >= 15 is 0 Å². The maximum absolute atomic E-state index is 12.6. The van der Waals surface area contributed by atoms with E-state index in [0.29, 0.717) is 31.0 Å². The standard InChI is InChI=1S/C31H35N3O6/c1-31(2,3)40-29(36)33-15-12-21(13-16-33)14-17-38-30(37)39-20-34-19-22(23-8-5-7-11-27(23)34)18-25-24-9-4-6-10-26(24)32-28(25)35/h4-11,18-19,21H,12-17,20H2,1-3H3,(H,32,35). The van der Waals surface area contributed by atoms with Crippen molar-refractivity contribution in [3.63, 3.8) is 0 Å². The lowest BCUT2D eigenvalue weighted by molar-refractivity contribution is -0.110. The summed E-state index contributed by atoms with van der Waals surface area (Å²) >= 11 is 0. The van der Waals surface area contributed by atoms with Gasteiger partial charge in [0.2, 0.25) is 0 Å². The number of fused-ring (bicyclic) bond motifs is 2. The van der Waals surface area contributed by atoms with Gasteiger partial charge < -0.3 is 29.0 Å². The number of nitrogens with zero attached hydrogens (tertiary/aromatic N) is 2. The third-order valence-corrected chi connectivity index (χ3v) is 7.16. The van der Waals surface area contributed by atoms with Crippen LogP contribution in [0.15, 0.2) is 54.7 Å². The van der Waals surface area contributed by atoms with Crippen LogP contribution in [0.3, 0.4) is 0 Å². The molecule has 5 rings (SSSR count). The molecule has 0 spiro atoms. The van der Waals surface area contributed by atoms with Crippen LogP contribution in [0.2, 0.25) is 0 Å². The Labute approximate surface area is 233 Å². The minimum atomic E-state index is -0.729. The largest absolute Gasteiger partial charge is 0.510 e. The number of amides is 2. The zero-order valence-electron chi connectivity index (χ0n) is 23.1. The average molecular weight is 546 g/mol. The van der Waals surface area contributed by atoms with Crippen LogP contribution in [0, 0.1) is 5.92 Å². The third kappa shape index (κ3) is 6.30. The number of likely N-dealkylation sites (tertiary alicyclic amines) is 1. The Morgan fingerprint density at radius 2 is 1.75 bits per heavy atom. The van der Waals surface area contributed by atoms with Gasteiger partial charge in [0, 0.05) is 47.1 Å². The van der Waals surface area contributed by atoms with Gasteiger partial charge in [0.25, 0.3) is 5.91 Å². The van der Waals surface area contributed by atoms with Gasteiger partial charge in [0.15, 0.2) is 6.73 Å². The molecule has 2 aliphatic rings. The molecule has 3 aromatic rings. The summed E-state index contributed by atoms with van der Waals surface area (Å²) in [7, 11) is 0. The van der Waals surface area contributed by atoms with E-state index in [1.165, 1.54) is 0 Å². The molecule has 1 aromatic heterocycles. The highest BCUT2D eigenvalue weighted by Crippen LogP contribution is 2.34. The zero-order chi connectivity index (χ0) is 28.3. The molecule has 210 valence electrons. The van der Waals surface area contributed by atoms with Crippen molar-refractivity contribution < 1.29 is 28.6 Å². The van der Waals surface area contributed by atoms with Crippen molar-refractivity contribution in [1.82, 2.24) is 9.47 Å². The summed E-state index contributed by atoms with van der Waals surface area (Å²) in [6.45, 7) is 7.09. The fourth-order valence-corrected chi connectivity index (χ4v) is 5.14. The number of benzene rings is 2. The lowest BCUT2D eigenvalue weighted by Gasteiger charge is -2.33. The molecule has 3 heterocycles. The van der Waals surface area contributed by atoms with Crippen LogP contribution < -0.4 is 5.32 Å². The van der Waals surface area contributed by atoms with E-state index < -0.39 is 11.8 Å². The lowest BCUT2D eigenvalue weighted by Crippen LogP contribution is -2.41. The number of carbonyl (C=O) groups excluding carboxylic acids is 3. The first-order valence-corrected chi connectivity index (χ1v) is 13.7. The van der Waals surface area contributed by atoms with Gasteiger partial charge in [0.05, 0.1) is 12.1 Å². The summed E-state index contributed by atoms with van der Waals surface area (Å²) in [6.07, 6.45) is 5.13. The highest BCUT2D eigenvalue weighted by Gasteiger charge is 2.27. The molecule has 40 heavy (non-hydrogen) atoms. The molecule has 9 heteroatoms. The molecule has 9 nitrogen and oxygen atoms in total. The number of piperidine rings is 1. The Hall–Kier alpha value is -4.27. The maximum atomic E-state index is 12.6. The molecule has 1 N–H and O–H groups in total. The minimum Gasteiger partial charge on any atom is -0.444 e. The predicted octanol–water partition coefficient (Wildman–Crippen LogP) is 6.28. The Morgan fingerprint density at radius 3 is 2.52 bits per heavy atom. The Balaban J connectivity index is 1.13. The normalized spacial score (nSPS) is 16.6. The number of aromatic nitrogens is 1. The van der Waals surface area contributed by atoms with Crippen molar-refractivity contribution in [2.45, 2.75) is 52.4 Å². The van der Waals surface area contributed by atoms with E-state index in [0.717, 1.165) is 40.6 Å². The quantitative estimate of drug-likeness (QED) is 0.289. The van der Waals surface area contributed by atoms with Crippen molar-refractivity contribution in [2.24, 2.45) is 5.92 Å². The first-order chi connectivity index (χ1) is 19.2. The molecular weight excluding hydrogens is 510 g/mol. The van der Waals surface area contributed by atoms with Gasteiger partial charge in [0.1, 0.15) is 5.60 Å². The topological polar surface area (TPSA) is 99.1 Å². The molecule has 2 aromatic carbocycles. The minimum absolute atomic E-state index is 0.0143. The fourth-order valence-electron chi connectivity index (χ4n) is 5.14. The van der Waals surface area contributed by atoms with Crippen LogP contribution >= 0.6 is 0 Å². The summed E-state index contributed by atoms with van der Waals surface area (Å²) in [5.41, 5.74) is 3.47. The molecular formula is C31H35N3O6. The molecule has 2 amide bonds. The number of hydrogen-bond donors (Lipinski definition) is 1. The van der Waals surface area contributed by atoms with E-state index in [-0.39, 0.29) is 25.3 Å². The van der Waals surface area contributed by atoms with Crippen LogP contribution in [0.5, 0.6) is 0 Å². The number of rotatable bonds is 6. The van der Waals surface area contributed by atoms with Gasteiger partial charge in [-0.1, -0.05) is 36.4 Å². The number of nitrogens with one attached hydrogen (secondary N) is 1. The van der Waals surface area contributed by atoms with Crippen LogP contribution in [0.1, 0.15) is 51.2 Å². The van der Waals surface area contributed by atoms with Crippen LogP contribution in [0.4, 0.5) is 15.3 Å². The van der Waals surface area contributed by atoms with Crippen molar-refractivity contribution >= 4 is 46.4 Å². The van der Waals surface area contributed by atoms with Crippen LogP contribution in [-0.2, 0) is 25.7 Å². The number of anilines is 1. The number of para-hydroxylation sites is 2. The van der Waals surface area contributed by atoms with Crippen molar-refractivity contribution in [3.8, 4) is 0 Å². The Kier molecular flexibility index (Phi) is 7.82. The molecule has 1 saturated heterocycles. The smallest absolute Gasteiger partial charge is 0.444 e. The van der Waals surface area contributed by atoms with Gasteiger partial charge in [-0.3, -0.25) is 4.79 Å². The second kappa shape index (κ2) is 11.5. The number of ether oxygens (including phenoxy) is 3. The average Bonchev–Trinajstić information content (AvgIpc) is 3.44. The molecule has 0 radical (unpaired) electrons. The lowest BCUT2D eigenvalue weighted by atomic mass is 9.94. The third-order valence-electron chi connectivity index (χ3n) is 7.16. The Bertz CT molecular complexity index is 1440. The highest BCUT2D eigenvalue weighted by atomic mass is 16.7. The molecule has 0 saturated carbocycles. The maximum Gasteiger partial charge on any atom is 0.510 e. The highest BCUT2D eigenvalue weighted by molar-refractivity contribution is 6.35. The molecule has 1 fully saturated rings. The van der Waals surface area contributed by atoms with Crippen molar-refractivity contribution in [2.75, 3.05) is 25.0 Å².